The van der Waals surface area contributed by atoms with Crippen molar-refractivity contribution in [3.63, 3.8) is 0 Å². The number of non-ortho nitro benzene ring substituents is 1. The number of hydrogen-bond donors (Lipinski definition) is 1. The summed E-state index contributed by atoms with van der Waals surface area (Å²) in [5, 5.41) is 14.4. The molecule has 20 heavy (non-hydrogen) atoms. The van der Waals surface area contributed by atoms with E-state index in [1.807, 2.05) is 0 Å². The van der Waals surface area contributed by atoms with E-state index in [0.29, 0.717) is 29.3 Å². The van der Waals surface area contributed by atoms with Gasteiger partial charge in [-0.15, -0.1) is 0 Å². The summed E-state index contributed by atoms with van der Waals surface area (Å²) in [6.45, 7) is 4.47. The molecule has 2 unspecified atom stereocenters. The van der Waals surface area contributed by atoms with Crippen LogP contribution in [0.2, 0.25) is 0 Å². The molecular weight excluding hydrogens is 256 g/mol. The molecular formula is C15H22N2O3. The van der Waals surface area contributed by atoms with E-state index in [-0.39, 0.29) is 10.6 Å². The number of methoxy groups -OCH3 is 1. The van der Waals surface area contributed by atoms with Crippen LogP contribution in [0, 0.1) is 22.0 Å². The van der Waals surface area contributed by atoms with Gasteiger partial charge in [0.25, 0.3) is 5.69 Å². The van der Waals surface area contributed by atoms with Gasteiger partial charge >= 0.3 is 0 Å². The van der Waals surface area contributed by atoms with Crippen molar-refractivity contribution in [3.05, 3.63) is 28.3 Å². The molecule has 1 aliphatic rings. The second-order valence-corrected chi connectivity index (χ2v) is 5.70. The Hall–Kier alpha value is -1.78. The first kappa shape index (κ1) is 14.6. The summed E-state index contributed by atoms with van der Waals surface area (Å²) in [6, 6.07) is 5.02. The normalized spacial score (nSPS) is 26.1. The first-order valence-corrected chi connectivity index (χ1v) is 7.12. The molecule has 1 N–H and O–H groups in total. The number of nitro benzene ring substituents is 1. The fourth-order valence-corrected chi connectivity index (χ4v) is 3.07. The zero-order valence-electron chi connectivity index (χ0n) is 12.3. The Labute approximate surface area is 119 Å². The topological polar surface area (TPSA) is 64.4 Å². The van der Waals surface area contributed by atoms with Crippen molar-refractivity contribution in [1.82, 2.24) is 0 Å². The van der Waals surface area contributed by atoms with E-state index in [1.54, 1.807) is 19.2 Å². The van der Waals surface area contributed by atoms with Crippen LogP contribution in [0.4, 0.5) is 11.4 Å². The number of nitro groups is 1. The summed E-state index contributed by atoms with van der Waals surface area (Å²) in [6.07, 6.45) is 3.64. The Bertz CT molecular complexity index is 480. The summed E-state index contributed by atoms with van der Waals surface area (Å²) in [5.41, 5.74) is 0.803. The molecule has 1 saturated carbocycles. The Morgan fingerprint density at radius 3 is 2.50 bits per heavy atom. The molecule has 2 atom stereocenters. The minimum absolute atomic E-state index is 0.0874. The van der Waals surface area contributed by atoms with Crippen LogP contribution in [0.15, 0.2) is 18.2 Å². The molecule has 0 aromatic heterocycles. The lowest BCUT2D eigenvalue weighted by atomic mass is 9.78. The van der Waals surface area contributed by atoms with Gasteiger partial charge in [-0.3, -0.25) is 10.1 Å². The second-order valence-electron chi connectivity index (χ2n) is 5.70. The van der Waals surface area contributed by atoms with Crippen LogP contribution in [0.25, 0.3) is 0 Å². The van der Waals surface area contributed by atoms with Gasteiger partial charge < -0.3 is 10.1 Å². The lowest BCUT2D eigenvalue weighted by Gasteiger charge is -2.36. The van der Waals surface area contributed by atoms with Crippen LogP contribution >= 0.6 is 0 Å². The third-order valence-corrected chi connectivity index (χ3v) is 4.26. The summed E-state index contributed by atoms with van der Waals surface area (Å²) in [5.74, 6) is 1.77. The van der Waals surface area contributed by atoms with Crippen LogP contribution in [-0.2, 0) is 0 Å². The van der Waals surface area contributed by atoms with E-state index in [0.717, 1.165) is 0 Å². The molecule has 0 amide bonds. The predicted octanol–water partition coefficient (Wildman–Crippen LogP) is 3.84. The summed E-state index contributed by atoms with van der Waals surface area (Å²) < 4.78 is 5.31. The number of hydrogen-bond acceptors (Lipinski definition) is 4. The van der Waals surface area contributed by atoms with Crippen LogP contribution in [0.5, 0.6) is 5.75 Å². The lowest BCUT2D eigenvalue weighted by Crippen LogP contribution is -2.37. The van der Waals surface area contributed by atoms with Gasteiger partial charge in [-0.25, -0.2) is 0 Å². The highest BCUT2D eigenvalue weighted by Gasteiger charge is 2.28. The molecule has 0 bridgehead atoms. The maximum Gasteiger partial charge on any atom is 0.271 e. The molecule has 1 fully saturated rings. The number of benzene rings is 1. The van der Waals surface area contributed by atoms with Gasteiger partial charge in [-0.05, 0) is 30.7 Å². The number of nitrogens with one attached hydrogen (secondary N) is 1. The summed E-state index contributed by atoms with van der Waals surface area (Å²) in [7, 11) is 1.58. The highest BCUT2D eigenvalue weighted by molar-refractivity contribution is 5.62. The molecule has 0 aliphatic heterocycles. The van der Waals surface area contributed by atoms with Crippen molar-refractivity contribution >= 4 is 11.4 Å². The zero-order chi connectivity index (χ0) is 14.7. The van der Waals surface area contributed by atoms with Crippen molar-refractivity contribution in [3.8, 4) is 5.75 Å². The SMILES string of the molecule is COc1ccc([N+](=O)[O-])cc1NC1C(C)CCCC1C. The zero-order valence-corrected chi connectivity index (χ0v) is 12.3. The van der Waals surface area contributed by atoms with Crippen molar-refractivity contribution < 1.29 is 9.66 Å². The maximum atomic E-state index is 10.9. The minimum atomic E-state index is -0.377. The van der Waals surface area contributed by atoms with Gasteiger partial charge in [0.15, 0.2) is 0 Å². The summed E-state index contributed by atoms with van der Waals surface area (Å²) in [4.78, 5) is 10.5. The molecule has 0 radical (unpaired) electrons. The quantitative estimate of drug-likeness (QED) is 0.671. The number of anilines is 1. The molecule has 2 rings (SSSR count). The van der Waals surface area contributed by atoms with Gasteiger partial charge in [-0.1, -0.05) is 20.3 Å². The molecule has 1 aromatic carbocycles. The van der Waals surface area contributed by atoms with Gasteiger partial charge in [0.1, 0.15) is 5.75 Å². The molecule has 1 aromatic rings. The fraction of sp³-hybridized carbons (Fsp3) is 0.600. The van der Waals surface area contributed by atoms with Crippen molar-refractivity contribution in [1.29, 1.82) is 0 Å². The maximum absolute atomic E-state index is 10.9. The van der Waals surface area contributed by atoms with E-state index in [9.17, 15) is 10.1 Å². The van der Waals surface area contributed by atoms with Crippen LogP contribution in [0.1, 0.15) is 33.1 Å². The molecule has 110 valence electrons. The first-order valence-electron chi connectivity index (χ1n) is 7.12. The van der Waals surface area contributed by atoms with Gasteiger partial charge in [0, 0.05) is 18.2 Å². The minimum Gasteiger partial charge on any atom is -0.495 e. The lowest BCUT2D eigenvalue weighted by molar-refractivity contribution is -0.384. The largest absolute Gasteiger partial charge is 0.495 e. The number of ether oxygens (including phenoxy) is 1. The van der Waals surface area contributed by atoms with Crippen LogP contribution in [0.3, 0.4) is 0 Å². The van der Waals surface area contributed by atoms with E-state index in [2.05, 4.69) is 19.2 Å². The van der Waals surface area contributed by atoms with Gasteiger partial charge in [-0.2, -0.15) is 0 Å². The van der Waals surface area contributed by atoms with E-state index < -0.39 is 0 Å². The highest BCUT2D eigenvalue weighted by Crippen LogP contribution is 2.35. The average Bonchev–Trinajstić information content (AvgIpc) is 2.42. The monoisotopic (exact) mass is 278 g/mol. The second kappa shape index (κ2) is 6.11. The van der Waals surface area contributed by atoms with E-state index >= 15 is 0 Å². The average molecular weight is 278 g/mol. The molecule has 0 spiro atoms. The molecule has 0 heterocycles. The Morgan fingerprint density at radius 2 is 1.95 bits per heavy atom. The molecule has 5 heteroatoms. The third-order valence-electron chi connectivity index (χ3n) is 4.26. The first-order chi connectivity index (χ1) is 9.52. The van der Waals surface area contributed by atoms with Crippen molar-refractivity contribution in [2.24, 2.45) is 11.8 Å². The van der Waals surface area contributed by atoms with Gasteiger partial charge in [0.05, 0.1) is 17.7 Å². The predicted molar refractivity (Wildman–Crippen MR) is 79.2 cm³/mol. The number of nitrogens with zero attached hydrogens (tertiary/aromatic N) is 1. The highest BCUT2D eigenvalue weighted by atomic mass is 16.6. The van der Waals surface area contributed by atoms with Crippen molar-refractivity contribution in [2.45, 2.75) is 39.2 Å². The molecule has 1 aliphatic carbocycles. The smallest absolute Gasteiger partial charge is 0.271 e. The fourth-order valence-electron chi connectivity index (χ4n) is 3.07. The molecule has 5 nitrogen and oxygen atoms in total. The standard InChI is InChI=1S/C15H22N2O3/c1-10-5-4-6-11(2)15(10)16-13-9-12(17(18)19)7-8-14(13)20-3/h7-11,15-16H,4-6H2,1-3H3. The number of rotatable bonds is 4. The Balaban J connectivity index is 2.26. The van der Waals surface area contributed by atoms with E-state index in [1.165, 1.54) is 25.3 Å². The Kier molecular flexibility index (Phi) is 4.47. The van der Waals surface area contributed by atoms with E-state index in [4.69, 9.17) is 4.74 Å². The van der Waals surface area contributed by atoms with Crippen LogP contribution in [-0.4, -0.2) is 18.1 Å². The summed E-state index contributed by atoms with van der Waals surface area (Å²) >= 11 is 0. The Morgan fingerprint density at radius 1 is 1.30 bits per heavy atom. The van der Waals surface area contributed by atoms with Gasteiger partial charge in [0.2, 0.25) is 0 Å². The van der Waals surface area contributed by atoms with Crippen molar-refractivity contribution in [2.75, 3.05) is 12.4 Å². The van der Waals surface area contributed by atoms with Crippen LogP contribution < -0.4 is 10.1 Å². The third kappa shape index (κ3) is 3.03. The molecule has 0 saturated heterocycles.